The van der Waals surface area contributed by atoms with E-state index in [1.807, 2.05) is 6.08 Å². The van der Waals surface area contributed by atoms with E-state index in [-0.39, 0.29) is 0 Å². The molecule has 138 valence electrons. The first kappa shape index (κ1) is 24.9. The van der Waals surface area contributed by atoms with Crippen LogP contribution >= 0.6 is 9.19 Å². The van der Waals surface area contributed by atoms with Crippen LogP contribution in [-0.4, -0.2) is 0 Å². The van der Waals surface area contributed by atoms with Crippen molar-refractivity contribution in [2.75, 3.05) is 0 Å². The molecule has 0 aromatic heterocycles. The van der Waals surface area contributed by atoms with Crippen molar-refractivity contribution in [1.29, 1.82) is 0 Å². The van der Waals surface area contributed by atoms with Crippen LogP contribution in [0.5, 0.6) is 0 Å². The zero-order valence-corrected chi connectivity index (χ0v) is 17.8. The average Bonchev–Trinajstić information content (AvgIpc) is 2.48. The van der Waals surface area contributed by atoms with Crippen LogP contribution in [0.15, 0.2) is 11.6 Å². The Balaban J connectivity index is 0. The molecule has 0 nitrogen and oxygen atoms in total. The summed E-state index contributed by atoms with van der Waals surface area (Å²) < 4.78 is 0. The van der Waals surface area contributed by atoms with Gasteiger partial charge in [0.2, 0.25) is 0 Å². The first-order chi connectivity index (χ1) is 10.5. The molecule has 0 saturated carbocycles. The fourth-order valence-electron chi connectivity index (χ4n) is 2.81. The van der Waals surface area contributed by atoms with Gasteiger partial charge in [0, 0.05) is 0 Å². The third-order valence-electron chi connectivity index (χ3n) is 4.49. The maximum absolute atomic E-state index is 4.45. The maximum atomic E-state index is 4.45. The van der Waals surface area contributed by atoms with Gasteiger partial charge in [0.25, 0.3) is 0 Å². The Morgan fingerprint density at radius 3 is 1.68 bits per heavy atom. The summed E-state index contributed by atoms with van der Waals surface area (Å²) >= 11 is 2.42. The minimum absolute atomic E-state index is 0.873. The van der Waals surface area contributed by atoms with Gasteiger partial charge in [-0.25, -0.2) is 18.6 Å². The monoisotopic (exact) mass is 421 g/mol. The summed E-state index contributed by atoms with van der Waals surface area (Å²) in [6, 6.07) is 0. The summed E-state index contributed by atoms with van der Waals surface area (Å²) in [5, 5.41) is 0. The van der Waals surface area contributed by atoms with Crippen molar-refractivity contribution in [3.63, 3.8) is 0 Å². The van der Waals surface area contributed by atoms with E-state index in [9.17, 15) is 0 Å². The van der Waals surface area contributed by atoms with Gasteiger partial charge in [0.1, 0.15) is 0 Å². The van der Waals surface area contributed by atoms with Gasteiger partial charge in [0.05, 0.1) is 0 Å². The number of hydrogen-bond donors (Lipinski definition) is 0. The topological polar surface area (TPSA) is 0 Å². The zero-order valence-electron chi connectivity index (χ0n) is 15.6. The van der Waals surface area contributed by atoms with Gasteiger partial charge in [-0.05, 0) is 17.8 Å². The molecule has 0 unspecified atom stereocenters. The van der Waals surface area contributed by atoms with E-state index in [1.165, 1.54) is 63.4 Å². The number of halogens is 1. The van der Waals surface area contributed by atoms with Crippen molar-refractivity contribution in [2.45, 2.75) is 92.4 Å². The fraction of sp³-hybridized carbons (Fsp3) is 0.850. The number of hydrogen-bond acceptors (Lipinski definition) is 0. The third kappa shape index (κ3) is 18.7. The third-order valence-corrected chi connectivity index (χ3v) is 4.49. The van der Waals surface area contributed by atoms with Crippen molar-refractivity contribution in [3.8, 4) is 0 Å². The van der Waals surface area contributed by atoms with Crippen LogP contribution in [0.4, 0.5) is 0 Å². The normalized spacial score (nSPS) is 14.5. The van der Waals surface area contributed by atoms with Crippen LogP contribution in [0.3, 0.4) is 0 Å². The summed E-state index contributed by atoms with van der Waals surface area (Å²) in [5.74, 6) is 2.70. The average molecular weight is 423 g/mol. The molecule has 0 N–H and O–H groups in total. The second-order valence-corrected chi connectivity index (χ2v) is 7.41. The molecular formula is C20H39AgCl-. The molecule has 0 heterocycles. The molecule has 0 aliphatic rings. The molecule has 0 radical (unpaired) electrons. The van der Waals surface area contributed by atoms with Crippen molar-refractivity contribution >= 4 is 9.19 Å². The van der Waals surface area contributed by atoms with Gasteiger partial charge >= 0.3 is 29.2 Å². The SMILES string of the molecule is [CH2-]/C=C(\C)CCC[C@H](C)CCC[C@H](C)CCCC(C)C.[Cl][Ag]. The Labute approximate surface area is 157 Å². The first-order valence-corrected chi connectivity index (χ1v) is 10.9. The van der Waals surface area contributed by atoms with E-state index in [1.54, 1.807) is 0 Å². The molecule has 0 fully saturated rings. The summed E-state index contributed by atoms with van der Waals surface area (Å²) in [4.78, 5) is 0. The van der Waals surface area contributed by atoms with Gasteiger partial charge in [-0.3, -0.25) is 0 Å². The van der Waals surface area contributed by atoms with E-state index in [4.69, 9.17) is 0 Å². The Bertz CT molecular complexity index is 248. The van der Waals surface area contributed by atoms with Gasteiger partial charge in [-0.2, -0.15) is 0 Å². The molecule has 0 aliphatic heterocycles. The second-order valence-electron chi connectivity index (χ2n) is 7.41. The first-order valence-electron chi connectivity index (χ1n) is 9.02. The van der Waals surface area contributed by atoms with E-state index in [2.05, 4.69) is 70.7 Å². The van der Waals surface area contributed by atoms with Crippen LogP contribution in [-0.2, 0) is 20.0 Å². The van der Waals surface area contributed by atoms with Gasteiger partial charge in [-0.15, -0.1) is 6.92 Å². The Hall–Kier alpha value is 0.640. The molecule has 2 atom stereocenters. The molecule has 0 aromatic rings. The Kier molecular flexibility index (Phi) is 20.3. The number of rotatable bonds is 12. The van der Waals surface area contributed by atoms with Gasteiger partial charge < -0.3 is 0 Å². The molecule has 0 spiro atoms. The quantitative estimate of drug-likeness (QED) is 0.221. The van der Waals surface area contributed by atoms with E-state index in [0.717, 1.165) is 17.8 Å². The van der Waals surface area contributed by atoms with E-state index >= 15 is 0 Å². The van der Waals surface area contributed by atoms with Crippen LogP contribution in [0.2, 0.25) is 0 Å². The van der Waals surface area contributed by atoms with Crippen molar-refractivity contribution < 1.29 is 20.0 Å². The van der Waals surface area contributed by atoms with Crippen LogP contribution < -0.4 is 0 Å². The molecule has 0 rings (SSSR count). The van der Waals surface area contributed by atoms with Crippen LogP contribution in [0.25, 0.3) is 0 Å². The summed E-state index contributed by atoms with van der Waals surface area (Å²) in [7, 11) is 4.45. The van der Waals surface area contributed by atoms with E-state index < -0.39 is 0 Å². The molecule has 0 bridgehead atoms. The zero-order chi connectivity index (χ0) is 17.4. The summed E-state index contributed by atoms with van der Waals surface area (Å²) in [6.45, 7) is 15.5. The molecule has 2 heteroatoms. The fourth-order valence-corrected chi connectivity index (χ4v) is 2.81. The van der Waals surface area contributed by atoms with Crippen molar-refractivity contribution in [2.24, 2.45) is 17.8 Å². The second kappa shape index (κ2) is 18.0. The molecule has 22 heavy (non-hydrogen) atoms. The molecule has 0 saturated heterocycles. The van der Waals surface area contributed by atoms with E-state index in [0.29, 0.717) is 0 Å². The molecular weight excluding hydrogens is 384 g/mol. The standard InChI is InChI=1S/C20H39.Ag.ClH/c1-7-18(4)12-9-14-20(6)16-10-15-19(5)13-8-11-17(2)3;;/h7,17,19-20H,1,8-16H2,2-6H3;;1H/q-1;+1;/p-1/b18-7+;;/t19-,20+;;/m1../s1. The van der Waals surface area contributed by atoms with Crippen LogP contribution in [0, 0.1) is 24.7 Å². The Morgan fingerprint density at radius 2 is 1.27 bits per heavy atom. The van der Waals surface area contributed by atoms with Crippen LogP contribution in [0.1, 0.15) is 92.4 Å². The Morgan fingerprint density at radius 1 is 0.864 bits per heavy atom. The number of allylic oxidation sites excluding steroid dienone is 2. The molecule has 0 aliphatic carbocycles. The van der Waals surface area contributed by atoms with Gasteiger partial charge in [-0.1, -0.05) is 85.5 Å². The predicted molar refractivity (Wildman–Crippen MR) is 99.7 cm³/mol. The molecule has 0 aromatic carbocycles. The minimum atomic E-state index is 0.873. The summed E-state index contributed by atoms with van der Waals surface area (Å²) in [6.07, 6.45) is 14.5. The summed E-state index contributed by atoms with van der Waals surface area (Å²) in [5.41, 5.74) is 1.44. The predicted octanol–water partition coefficient (Wildman–Crippen LogP) is 7.89. The van der Waals surface area contributed by atoms with Crippen molar-refractivity contribution in [1.82, 2.24) is 0 Å². The van der Waals surface area contributed by atoms with Gasteiger partial charge in [0.15, 0.2) is 0 Å². The molecule has 0 amide bonds. The van der Waals surface area contributed by atoms with Crippen molar-refractivity contribution in [3.05, 3.63) is 18.6 Å².